The van der Waals surface area contributed by atoms with Crippen molar-refractivity contribution in [3.63, 3.8) is 0 Å². The molecule has 0 atom stereocenters. The number of nitrogens with zero attached hydrogens (tertiary/aromatic N) is 3. The van der Waals surface area contributed by atoms with Gasteiger partial charge in [-0.25, -0.2) is 0 Å². The van der Waals surface area contributed by atoms with Crippen LogP contribution < -0.4 is 25.5 Å². The predicted octanol–water partition coefficient (Wildman–Crippen LogP) is 27.2. The van der Waals surface area contributed by atoms with Crippen LogP contribution in [0.4, 0.5) is 56.9 Å². The Labute approximate surface area is 672 Å². The Bertz CT molecular complexity index is 5900. The first-order chi connectivity index (χ1) is 54.9. The van der Waals surface area contributed by atoms with Gasteiger partial charge in [0.15, 0.2) is 0 Å². The van der Waals surface area contributed by atoms with Crippen LogP contribution in [0.15, 0.2) is 434 Å². The number of nitrogens with one attached hydrogen (secondary N) is 1. The number of halogens is 2. The van der Waals surface area contributed by atoms with Crippen LogP contribution in [-0.4, -0.2) is 23.1 Å². The van der Waals surface area contributed by atoms with Crippen LogP contribution in [0.5, 0.6) is 0 Å². The summed E-state index contributed by atoms with van der Waals surface area (Å²) in [5.74, 6) is -0.0944. The van der Waals surface area contributed by atoms with E-state index in [1.165, 1.54) is 71.9 Å². The van der Waals surface area contributed by atoms with Gasteiger partial charge in [-0.15, -0.1) is 0 Å². The van der Waals surface area contributed by atoms with E-state index in [-0.39, 0.29) is 11.3 Å². The van der Waals surface area contributed by atoms with Gasteiger partial charge in [0.05, 0.1) is 11.4 Å². The first-order valence-corrected chi connectivity index (χ1v) is 38.9. The fraction of sp³-hybridized carbons (Fsp3) is 0.0294. The maximum atomic E-state index is 12.1. The Morgan fingerprint density at radius 3 is 1.07 bits per heavy atom. The van der Waals surface area contributed by atoms with E-state index in [1.807, 2.05) is 109 Å². The van der Waals surface area contributed by atoms with E-state index >= 15 is 0 Å². The van der Waals surface area contributed by atoms with E-state index in [0.717, 1.165) is 71.1 Å². The van der Waals surface area contributed by atoms with Crippen LogP contribution in [0.25, 0.3) is 66.1 Å². The minimum absolute atomic E-state index is 0.0928. The summed E-state index contributed by atoms with van der Waals surface area (Å²) in [7, 11) is -1.47. The second-order valence-corrected chi connectivity index (χ2v) is 29.6. The van der Waals surface area contributed by atoms with Crippen molar-refractivity contribution in [1.82, 2.24) is 0 Å². The minimum Gasteiger partial charge on any atom is -0.423 e. The van der Waals surface area contributed by atoms with E-state index in [9.17, 15) is 14.8 Å². The van der Waals surface area contributed by atoms with E-state index in [0.29, 0.717) is 11.0 Å². The van der Waals surface area contributed by atoms with Crippen molar-refractivity contribution in [3.05, 3.63) is 450 Å². The van der Waals surface area contributed by atoms with Crippen LogP contribution in [-0.2, 0) is 5.41 Å². The van der Waals surface area contributed by atoms with Gasteiger partial charge in [-0.1, -0.05) is 325 Å². The summed E-state index contributed by atoms with van der Waals surface area (Å²) < 4.78 is 2.20. The van der Waals surface area contributed by atoms with Gasteiger partial charge in [0.25, 0.3) is 5.91 Å². The Morgan fingerprint density at radius 1 is 0.304 bits per heavy atom. The third-order valence-corrected chi connectivity index (χ3v) is 21.2. The molecule has 0 spiro atoms. The summed E-state index contributed by atoms with van der Waals surface area (Å²) in [5.41, 5.74) is 24.3. The standard InChI is InChI=1S/C39H30BrN.C22H18BNO2.C22H16BrN.C19H15NO/c1-39(2)37-25-31(40)17-23-35(37)36-24-22-34(26-38(36)39)41(32-18-13-29(14-19-32)27-9-5-3-6-10-27)33-20-15-30(16-21-33)28-11-7-4-8-12-28;25-23(26)18-13-15-20(16-14-18)24(19-9-2-1-3-10-19)22-12-6-8-17-7-4-5-11-21(17)22;23-18-13-15-20(16-14-18)24(19-9-2-1-3-10-19)22-12-6-8-17-7-4-5-11-21(17)22;21-19(17-9-5-2-6-10-17)20-18-13-11-16(12-14-18)15-7-3-1-4-8-15/h3-26H,1-2H3;1-16,25-26H;1-16H;1-14H,(H,20,21). The number of carbonyl (C=O) groups excluding carboxylic acids is 1. The number of hydrogen-bond acceptors (Lipinski definition) is 6. The molecule has 542 valence electrons. The molecule has 1 aliphatic rings. The molecule has 0 bridgehead atoms. The summed E-state index contributed by atoms with van der Waals surface area (Å²) >= 11 is 7.23. The molecule has 3 N–H and O–H groups in total. The van der Waals surface area contributed by atoms with Gasteiger partial charge in [-0.3, -0.25) is 4.79 Å². The lowest BCUT2D eigenvalue weighted by Gasteiger charge is -2.28. The summed E-state index contributed by atoms with van der Waals surface area (Å²) in [6.45, 7) is 4.67. The lowest BCUT2D eigenvalue weighted by molar-refractivity contribution is 0.102. The molecule has 17 aromatic rings. The van der Waals surface area contributed by atoms with Crippen molar-refractivity contribution in [3.8, 4) is 44.5 Å². The number of hydrogen-bond donors (Lipinski definition) is 3. The molecule has 0 radical (unpaired) electrons. The van der Waals surface area contributed by atoms with Crippen molar-refractivity contribution in [2.45, 2.75) is 19.3 Å². The lowest BCUT2D eigenvalue weighted by Crippen LogP contribution is -2.29. The second kappa shape index (κ2) is 34.8. The molecule has 10 heteroatoms. The maximum Gasteiger partial charge on any atom is 0.488 e. The Balaban J connectivity index is 0.000000123. The van der Waals surface area contributed by atoms with Gasteiger partial charge in [-0.2, -0.15) is 0 Å². The van der Waals surface area contributed by atoms with Gasteiger partial charge in [0.2, 0.25) is 0 Å². The summed E-state index contributed by atoms with van der Waals surface area (Å²) in [5, 5.41) is 26.5. The van der Waals surface area contributed by atoms with E-state index in [1.54, 1.807) is 24.3 Å². The molecule has 1 amide bonds. The molecule has 0 aromatic heterocycles. The maximum absolute atomic E-state index is 12.1. The number of rotatable bonds is 15. The fourth-order valence-electron chi connectivity index (χ4n) is 14.5. The van der Waals surface area contributed by atoms with Crippen molar-refractivity contribution >= 4 is 129 Å². The van der Waals surface area contributed by atoms with Crippen LogP contribution in [0.1, 0.15) is 35.3 Å². The van der Waals surface area contributed by atoms with Crippen molar-refractivity contribution in [2.75, 3.05) is 20.0 Å². The molecule has 112 heavy (non-hydrogen) atoms. The smallest absolute Gasteiger partial charge is 0.423 e. The molecule has 0 saturated carbocycles. The van der Waals surface area contributed by atoms with Crippen molar-refractivity contribution in [2.24, 2.45) is 0 Å². The average Bonchev–Trinajstić information content (AvgIpc) is 1.57. The SMILES string of the molecule is Brc1ccc(N(c2ccccc2)c2cccc3ccccc23)cc1.CC1(C)c2cc(Br)ccc2-c2ccc(N(c3ccc(-c4ccccc4)cc3)c3ccc(-c4ccccc4)cc3)cc21.O=C(Nc1ccc(-c2ccccc2)cc1)c1ccccc1.OB(O)c1ccc(N(c2ccccc2)c2cccc3ccccc23)cc1. The van der Waals surface area contributed by atoms with Crippen LogP contribution in [0.3, 0.4) is 0 Å². The summed E-state index contributed by atoms with van der Waals surface area (Å²) in [4.78, 5) is 18.9. The minimum atomic E-state index is -1.47. The molecular weight excluding hydrogens is 1500 g/mol. The van der Waals surface area contributed by atoms with E-state index in [4.69, 9.17) is 0 Å². The molecular formula is C102H79BBr2N4O3. The number of benzene rings is 17. The Hall–Kier alpha value is -12.9. The van der Waals surface area contributed by atoms with Gasteiger partial charge >= 0.3 is 7.12 Å². The van der Waals surface area contributed by atoms with Crippen molar-refractivity contribution in [1.29, 1.82) is 0 Å². The number of fused-ring (bicyclic) bond motifs is 5. The van der Waals surface area contributed by atoms with E-state index < -0.39 is 7.12 Å². The van der Waals surface area contributed by atoms with Crippen LogP contribution >= 0.6 is 31.9 Å². The van der Waals surface area contributed by atoms with Gasteiger partial charge in [0, 0.05) is 76.2 Å². The first kappa shape index (κ1) is 74.5. The highest BCUT2D eigenvalue weighted by Crippen LogP contribution is 2.52. The molecule has 0 saturated heterocycles. The van der Waals surface area contributed by atoms with Crippen molar-refractivity contribution < 1.29 is 14.8 Å². The number of para-hydroxylation sites is 2. The normalized spacial score (nSPS) is 11.4. The lowest BCUT2D eigenvalue weighted by atomic mass is 9.80. The fourth-order valence-corrected chi connectivity index (χ4v) is 15.1. The molecule has 1 aliphatic carbocycles. The zero-order chi connectivity index (χ0) is 76.8. The van der Waals surface area contributed by atoms with E-state index in [2.05, 4.69) is 357 Å². The van der Waals surface area contributed by atoms with Gasteiger partial charge in [-0.05, 0) is 217 Å². The first-order valence-electron chi connectivity index (χ1n) is 37.3. The van der Waals surface area contributed by atoms with Gasteiger partial charge < -0.3 is 30.1 Å². The summed E-state index contributed by atoms with van der Waals surface area (Å²) in [6, 6.07) is 146. The largest absolute Gasteiger partial charge is 0.488 e. The predicted molar refractivity (Wildman–Crippen MR) is 478 cm³/mol. The number of carbonyl (C=O) groups is 1. The third kappa shape index (κ3) is 17.1. The average molecular weight is 1580 g/mol. The molecule has 17 aromatic carbocycles. The Kier molecular flexibility index (Phi) is 23.1. The molecule has 18 rings (SSSR count). The number of amides is 1. The monoisotopic (exact) mass is 1580 g/mol. The highest BCUT2D eigenvalue weighted by atomic mass is 79.9. The Morgan fingerprint density at radius 2 is 0.625 bits per heavy atom. The second-order valence-electron chi connectivity index (χ2n) is 27.7. The molecule has 7 nitrogen and oxygen atoms in total. The molecule has 0 fully saturated rings. The van der Waals surface area contributed by atoms with Crippen LogP contribution in [0.2, 0.25) is 0 Å². The topological polar surface area (TPSA) is 79.3 Å². The highest BCUT2D eigenvalue weighted by Gasteiger charge is 2.36. The third-order valence-electron chi connectivity index (χ3n) is 20.2. The van der Waals surface area contributed by atoms with Crippen LogP contribution in [0, 0.1) is 0 Å². The zero-order valence-corrected chi connectivity index (χ0v) is 65.1. The molecule has 0 aliphatic heterocycles. The molecule has 0 unspecified atom stereocenters. The molecule has 0 heterocycles. The van der Waals surface area contributed by atoms with Gasteiger partial charge in [0.1, 0.15) is 0 Å². The number of anilines is 10. The summed E-state index contributed by atoms with van der Waals surface area (Å²) in [6.07, 6.45) is 0. The zero-order valence-electron chi connectivity index (χ0n) is 61.9. The quantitative estimate of drug-likeness (QED) is 0.0888. The highest BCUT2D eigenvalue weighted by molar-refractivity contribution is 9.10.